The number of carbonyl (C=O) groups is 1. The van der Waals surface area contributed by atoms with Crippen molar-refractivity contribution in [2.24, 2.45) is 5.92 Å². The fourth-order valence-corrected chi connectivity index (χ4v) is 6.03. The van der Waals surface area contributed by atoms with Crippen molar-refractivity contribution in [2.75, 3.05) is 25.4 Å². The number of nitrogens with one attached hydrogen (secondary N) is 1. The molecule has 2 aromatic carbocycles. The van der Waals surface area contributed by atoms with Gasteiger partial charge in [-0.05, 0) is 43.0 Å². The molecular weight excluding hydrogens is 435 g/mol. The third kappa shape index (κ3) is 7.33. The van der Waals surface area contributed by atoms with E-state index in [1.807, 2.05) is 0 Å². The summed E-state index contributed by atoms with van der Waals surface area (Å²) in [5, 5.41) is 2.99. The molecule has 1 heterocycles. The minimum atomic E-state index is -3.48. The molecule has 0 spiro atoms. The molecule has 0 saturated carbocycles. The number of rotatable bonds is 9. The smallest absolute Gasteiger partial charge is 0.223 e. The van der Waals surface area contributed by atoms with E-state index in [4.69, 9.17) is 0 Å². The fraction of sp³-hybridized carbons (Fsp3) is 0.435. The summed E-state index contributed by atoms with van der Waals surface area (Å²) in [7, 11) is -3.48. The zero-order chi connectivity index (χ0) is 22.3. The summed E-state index contributed by atoms with van der Waals surface area (Å²) >= 11 is 1.78. The summed E-state index contributed by atoms with van der Waals surface area (Å²) in [5.74, 6) is 1.07. The van der Waals surface area contributed by atoms with E-state index in [0.29, 0.717) is 38.0 Å². The molecule has 168 valence electrons. The molecule has 0 aromatic heterocycles. The number of halogens is 1. The first kappa shape index (κ1) is 23.8. The molecule has 0 aliphatic carbocycles. The molecule has 3 rings (SSSR count). The van der Waals surface area contributed by atoms with Crippen LogP contribution in [0.2, 0.25) is 0 Å². The van der Waals surface area contributed by atoms with Crippen molar-refractivity contribution in [1.29, 1.82) is 0 Å². The molecule has 31 heavy (non-hydrogen) atoms. The van der Waals surface area contributed by atoms with Gasteiger partial charge in [0.05, 0.1) is 5.75 Å². The van der Waals surface area contributed by atoms with Gasteiger partial charge in [-0.15, -0.1) is 0 Å². The maximum atomic E-state index is 13.0. The Hall–Kier alpha value is -1.90. The normalized spacial score (nSPS) is 15.7. The van der Waals surface area contributed by atoms with Crippen LogP contribution in [-0.2, 0) is 26.3 Å². The number of thioether (sulfide) groups is 1. The van der Waals surface area contributed by atoms with Crippen molar-refractivity contribution in [1.82, 2.24) is 9.62 Å². The van der Waals surface area contributed by atoms with Gasteiger partial charge >= 0.3 is 0 Å². The number of amides is 1. The lowest BCUT2D eigenvalue weighted by molar-refractivity contribution is -0.125. The van der Waals surface area contributed by atoms with E-state index in [0.717, 1.165) is 11.5 Å². The second-order valence-corrected chi connectivity index (χ2v) is 11.0. The van der Waals surface area contributed by atoms with Gasteiger partial charge in [-0.2, -0.15) is 11.8 Å². The van der Waals surface area contributed by atoms with E-state index in [1.165, 1.54) is 39.7 Å². The minimum Gasteiger partial charge on any atom is -0.355 e. The van der Waals surface area contributed by atoms with Crippen LogP contribution in [0.15, 0.2) is 48.5 Å². The van der Waals surface area contributed by atoms with Gasteiger partial charge in [0.15, 0.2) is 0 Å². The summed E-state index contributed by atoms with van der Waals surface area (Å²) in [6, 6.07) is 13.9. The number of hydrogen-bond donors (Lipinski definition) is 1. The molecule has 1 fully saturated rings. The molecule has 1 aliphatic rings. The van der Waals surface area contributed by atoms with Crippen LogP contribution in [0.5, 0.6) is 0 Å². The molecule has 1 N–H and O–H groups in total. The number of piperidine rings is 1. The van der Waals surface area contributed by atoms with E-state index in [-0.39, 0.29) is 23.4 Å². The lowest BCUT2D eigenvalue weighted by Crippen LogP contribution is -2.43. The van der Waals surface area contributed by atoms with Crippen molar-refractivity contribution < 1.29 is 17.6 Å². The van der Waals surface area contributed by atoms with Crippen LogP contribution < -0.4 is 5.32 Å². The summed E-state index contributed by atoms with van der Waals surface area (Å²) in [6.45, 7) is 3.36. The fourth-order valence-electron chi connectivity index (χ4n) is 3.66. The van der Waals surface area contributed by atoms with E-state index in [9.17, 15) is 17.6 Å². The average Bonchev–Trinajstić information content (AvgIpc) is 2.75. The van der Waals surface area contributed by atoms with Crippen LogP contribution >= 0.6 is 11.8 Å². The van der Waals surface area contributed by atoms with Crippen molar-refractivity contribution >= 4 is 27.7 Å². The van der Waals surface area contributed by atoms with Crippen LogP contribution in [0.4, 0.5) is 4.39 Å². The predicted molar refractivity (Wildman–Crippen MR) is 124 cm³/mol. The average molecular weight is 465 g/mol. The monoisotopic (exact) mass is 464 g/mol. The summed E-state index contributed by atoms with van der Waals surface area (Å²) in [5.41, 5.74) is 3.09. The quantitative estimate of drug-likeness (QED) is 0.575. The molecule has 0 atom stereocenters. The molecule has 1 amide bonds. The van der Waals surface area contributed by atoms with Crippen molar-refractivity contribution in [3.63, 3.8) is 0 Å². The van der Waals surface area contributed by atoms with Crippen LogP contribution in [0.1, 0.15) is 29.5 Å². The standard InChI is InChI=1S/C23H29FN2O3S2/c1-18-3-2-4-20(15-18)16-30-14-11-25-23(27)21-9-12-26(13-10-21)31(28,29)17-19-5-7-22(24)8-6-19/h2-8,15,21H,9-14,16-17H2,1H3,(H,25,27). The lowest BCUT2D eigenvalue weighted by Gasteiger charge is -2.30. The number of carbonyl (C=O) groups excluding carboxylic acids is 1. The lowest BCUT2D eigenvalue weighted by atomic mass is 9.97. The maximum Gasteiger partial charge on any atom is 0.223 e. The van der Waals surface area contributed by atoms with E-state index >= 15 is 0 Å². The molecule has 2 aromatic rings. The molecule has 0 radical (unpaired) electrons. The molecule has 0 unspecified atom stereocenters. The van der Waals surface area contributed by atoms with Crippen LogP contribution in [-0.4, -0.2) is 44.0 Å². The third-order valence-corrected chi connectivity index (χ3v) is 8.26. The van der Waals surface area contributed by atoms with Crippen molar-refractivity contribution in [3.05, 3.63) is 71.0 Å². The van der Waals surface area contributed by atoms with Gasteiger partial charge in [-0.1, -0.05) is 42.0 Å². The molecular formula is C23H29FN2O3S2. The Kier molecular flexibility index (Phi) is 8.51. The summed E-state index contributed by atoms with van der Waals surface area (Å²) in [4.78, 5) is 12.4. The van der Waals surface area contributed by atoms with E-state index in [2.05, 4.69) is 36.5 Å². The first-order chi connectivity index (χ1) is 14.8. The summed E-state index contributed by atoms with van der Waals surface area (Å²) < 4.78 is 39.7. The van der Waals surface area contributed by atoms with Crippen LogP contribution in [0, 0.1) is 18.7 Å². The summed E-state index contributed by atoms with van der Waals surface area (Å²) in [6.07, 6.45) is 1.04. The number of aryl methyl sites for hydroxylation is 1. The van der Waals surface area contributed by atoms with Gasteiger partial charge in [0, 0.05) is 37.1 Å². The van der Waals surface area contributed by atoms with Crippen molar-refractivity contribution in [3.8, 4) is 0 Å². The first-order valence-corrected chi connectivity index (χ1v) is 13.2. The molecule has 5 nitrogen and oxygen atoms in total. The second-order valence-electron chi connectivity index (χ2n) is 7.89. The number of benzene rings is 2. The largest absolute Gasteiger partial charge is 0.355 e. The second kappa shape index (κ2) is 11.1. The maximum absolute atomic E-state index is 13.0. The highest BCUT2D eigenvalue weighted by Crippen LogP contribution is 2.22. The van der Waals surface area contributed by atoms with Gasteiger partial charge in [0.2, 0.25) is 15.9 Å². The number of hydrogen-bond acceptors (Lipinski definition) is 4. The highest BCUT2D eigenvalue weighted by molar-refractivity contribution is 7.98. The third-order valence-electron chi connectivity index (χ3n) is 5.38. The minimum absolute atomic E-state index is 0.00624. The van der Waals surface area contributed by atoms with Gasteiger partial charge < -0.3 is 5.32 Å². The highest BCUT2D eigenvalue weighted by atomic mass is 32.2. The molecule has 8 heteroatoms. The molecule has 1 saturated heterocycles. The number of sulfonamides is 1. The Morgan fingerprint density at radius 2 is 1.84 bits per heavy atom. The molecule has 1 aliphatic heterocycles. The van der Waals surface area contributed by atoms with E-state index < -0.39 is 10.0 Å². The van der Waals surface area contributed by atoms with E-state index in [1.54, 1.807) is 11.8 Å². The van der Waals surface area contributed by atoms with Gasteiger partial charge in [-0.25, -0.2) is 17.1 Å². The Morgan fingerprint density at radius 1 is 1.13 bits per heavy atom. The zero-order valence-corrected chi connectivity index (χ0v) is 19.4. The Balaban J connectivity index is 1.36. The Bertz CT molecular complexity index is 973. The van der Waals surface area contributed by atoms with Crippen molar-refractivity contribution in [2.45, 2.75) is 31.3 Å². The SMILES string of the molecule is Cc1cccc(CSCCNC(=O)C2CCN(S(=O)(=O)Cc3ccc(F)cc3)CC2)c1. The molecule has 0 bridgehead atoms. The van der Waals surface area contributed by atoms with Gasteiger partial charge in [-0.3, -0.25) is 4.79 Å². The zero-order valence-electron chi connectivity index (χ0n) is 17.7. The highest BCUT2D eigenvalue weighted by Gasteiger charge is 2.31. The van der Waals surface area contributed by atoms with Crippen LogP contribution in [0.25, 0.3) is 0 Å². The number of nitrogens with zero attached hydrogens (tertiary/aromatic N) is 1. The first-order valence-electron chi connectivity index (χ1n) is 10.5. The van der Waals surface area contributed by atoms with Gasteiger partial charge in [0.1, 0.15) is 5.82 Å². The van der Waals surface area contributed by atoms with Crippen LogP contribution in [0.3, 0.4) is 0 Å². The van der Waals surface area contributed by atoms with Gasteiger partial charge in [0.25, 0.3) is 0 Å². The Morgan fingerprint density at radius 3 is 2.52 bits per heavy atom. The topological polar surface area (TPSA) is 66.5 Å². The Labute approximate surface area is 188 Å². The predicted octanol–water partition coefficient (Wildman–Crippen LogP) is 3.73.